The minimum atomic E-state index is 0.504. The second kappa shape index (κ2) is 3.35. The monoisotopic (exact) mass is 264 g/mol. The van der Waals surface area contributed by atoms with Crippen molar-refractivity contribution in [2.24, 2.45) is 0 Å². The van der Waals surface area contributed by atoms with Gasteiger partial charge in [0, 0.05) is 4.32 Å². The van der Waals surface area contributed by atoms with Crippen molar-refractivity contribution < 1.29 is 0 Å². The lowest BCUT2D eigenvalue weighted by Gasteiger charge is -2.51. The molecule has 0 amide bonds. The molecule has 80 valence electrons. The van der Waals surface area contributed by atoms with Gasteiger partial charge < -0.3 is 0 Å². The number of halogens is 1. The van der Waals surface area contributed by atoms with E-state index in [4.69, 9.17) is 0 Å². The minimum Gasteiger partial charge on any atom is -0.0853 e. The van der Waals surface area contributed by atoms with Crippen molar-refractivity contribution in [2.75, 3.05) is 0 Å². The number of benzene rings is 1. The Morgan fingerprint density at radius 2 is 1.33 bits per heavy atom. The van der Waals surface area contributed by atoms with Crippen LogP contribution in [0.2, 0.25) is 0 Å². The highest BCUT2D eigenvalue weighted by molar-refractivity contribution is 9.10. The third-order valence-electron chi connectivity index (χ3n) is 4.54. The van der Waals surface area contributed by atoms with E-state index in [1.165, 1.54) is 38.5 Å². The molecule has 15 heavy (non-hydrogen) atoms. The highest BCUT2D eigenvalue weighted by Gasteiger charge is 2.47. The Hall–Kier alpha value is -0.300. The van der Waals surface area contributed by atoms with Crippen molar-refractivity contribution in [3.63, 3.8) is 0 Å². The van der Waals surface area contributed by atoms with E-state index in [0.29, 0.717) is 9.74 Å². The highest BCUT2D eigenvalue weighted by atomic mass is 79.9. The molecule has 0 radical (unpaired) electrons. The van der Waals surface area contributed by atoms with Crippen LogP contribution < -0.4 is 0 Å². The Morgan fingerprint density at radius 3 is 1.87 bits per heavy atom. The van der Waals surface area contributed by atoms with E-state index in [9.17, 15) is 0 Å². The topological polar surface area (TPSA) is 0 Å². The van der Waals surface area contributed by atoms with Gasteiger partial charge in [0.1, 0.15) is 0 Å². The van der Waals surface area contributed by atoms with E-state index in [0.717, 1.165) is 0 Å². The fourth-order valence-corrected chi connectivity index (χ4v) is 3.96. The molecular weight excluding hydrogens is 248 g/mol. The third-order valence-corrected chi connectivity index (χ3v) is 5.73. The molecule has 0 aromatic heterocycles. The lowest BCUT2D eigenvalue weighted by Crippen LogP contribution is -2.44. The van der Waals surface area contributed by atoms with Crippen LogP contribution in [0.1, 0.15) is 44.1 Å². The predicted octanol–water partition coefficient (Wildman–Crippen LogP) is 4.43. The summed E-state index contributed by atoms with van der Waals surface area (Å²) in [5.74, 6) is 0. The number of fused-ring (bicyclic) bond motifs is 3. The van der Waals surface area contributed by atoms with E-state index in [-0.39, 0.29) is 0 Å². The Kier molecular flexibility index (Phi) is 2.21. The first kappa shape index (κ1) is 9.89. The maximum atomic E-state index is 3.93. The first-order valence-electron chi connectivity index (χ1n) is 5.97. The van der Waals surface area contributed by atoms with Crippen molar-refractivity contribution in [1.29, 1.82) is 0 Å². The van der Waals surface area contributed by atoms with Gasteiger partial charge in [0.15, 0.2) is 0 Å². The zero-order valence-electron chi connectivity index (χ0n) is 9.01. The summed E-state index contributed by atoms with van der Waals surface area (Å²) in [4.78, 5) is 0. The second-order valence-corrected chi connectivity index (χ2v) is 6.98. The fraction of sp³-hybridized carbons (Fsp3) is 0.571. The number of rotatable bonds is 1. The Labute approximate surface area is 100 Å². The van der Waals surface area contributed by atoms with Crippen molar-refractivity contribution in [3.8, 4) is 0 Å². The van der Waals surface area contributed by atoms with Crippen LogP contribution in [0.25, 0.3) is 0 Å². The van der Waals surface area contributed by atoms with Gasteiger partial charge in [-0.15, -0.1) is 0 Å². The van der Waals surface area contributed by atoms with Crippen LogP contribution in [-0.4, -0.2) is 4.32 Å². The van der Waals surface area contributed by atoms with E-state index < -0.39 is 0 Å². The molecule has 0 N–H and O–H groups in total. The van der Waals surface area contributed by atoms with Gasteiger partial charge in [0.05, 0.1) is 0 Å². The van der Waals surface area contributed by atoms with E-state index in [1.54, 1.807) is 5.56 Å². The Balaban J connectivity index is 1.94. The molecule has 1 heteroatoms. The van der Waals surface area contributed by atoms with Gasteiger partial charge in [-0.3, -0.25) is 0 Å². The molecule has 2 bridgehead atoms. The molecule has 1 aromatic carbocycles. The van der Waals surface area contributed by atoms with Crippen molar-refractivity contribution in [2.45, 2.75) is 48.3 Å². The summed E-state index contributed by atoms with van der Waals surface area (Å²) < 4.78 is 0.504. The maximum Gasteiger partial charge on any atom is 0.0259 e. The quantitative estimate of drug-likeness (QED) is 0.659. The summed E-state index contributed by atoms with van der Waals surface area (Å²) in [6.07, 6.45) is 8.22. The van der Waals surface area contributed by atoms with E-state index in [2.05, 4.69) is 46.3 Å². The maximum absolute atomic E-state index is 3.93. The largest absolute Gasteiger partial charge is 0.0853 e. The van der Waals surface area contributed by atoms with Gasteiger partial charge in [-0.05, 0) is 49.5 Å². The average Bonchev–Trinajstić information content (AvgIpc) is 2.32. The van der Waals surface area contributed by atoms with Gasteiger partial charge in [0.25, 0.3) is 0 Å². The SMILES string of the molecule is BrC12CCC(c3ccccc3)(CC1)CC2. The first-order chi connectivity index (χ1) is 7.23. The van der Waals surface area contributed by atoms with Gasteiger partial charge >= 0.3 is 0 Å². The van der Waals surface area contributed by atoms with Crippen LogP contribution in [0.15, 0.2) is 30.3 Å². The standard InChI is InChI=1S/C14H17Br/c15-14-9-6-13(7-10-14,8-11-14)12-4-2-1-3-5-12/h1-5H,6-11H2. The second-order valence-electron chi connectivity index (χ2n) is 5.30. The molecule has 3 aliphatic rings. The van der Waals surface area contributed by atoms with Gasteiger partial charge in [0.2, 0.25) is 0 Å². The summed E-state index contributed by atoms with van der Waals surface area (Å²) in [6.45, 7) is 0. The van der Waals surface area contributed by atoms with Gasteiger partial charge in [-0.2, -0.15) is 0 Å². The Morgan fingerprint density at radius 1 is 0.800 bits per heavy atom. The lowest BCUT2D eigenvalue weighted by atomic mass is 9.58. The highest BCUT2D eigenvalue weighted by Crippen LogP contribution is 2.56. The van der Waals surface area contributed by atoms with Gasteiger partial charge in [-0.25, -0.2) is 0 Å². The lowest BCUT2D eigenvalue weighted by molar-refractivity contribution is 0.162. The molecule has 3 fully saturated rings. The molecule has 3 aliphatic carbocycles. The zero-order valence-corrected chi connectivity index (χ0v) is 10.6. The van der Waals surface area contributed by atoms with Crippen molar-refractivity contribution >= 4 is 15.9 Å². The fourth-order valence-electron chi connectivity index (χ4n) is 3.36. The zero-order chi connectivity index (χ0) is 10.4. The number of hydrogen-bond donors (Lipinski definition) is 0. The number of hydrogen-bond acceptors (Lipinski definition) is 0. The third kappa shape index (κ3) is 1.56. The van der Waals surface area contributed by atoms with Gasteiger partial charge in [-0.1, -0.05) is 46.3 Å². The molecule has 0 saturated heterocycles. The molecule has 0 heterocycles. The predicted molar refractivity (Wildman–Crippen MR) is 67.5 cm³/mol. The van der Waals surface area contributed by atoms with Crippen LogP contribution in [-0.2, 0) is 5.41 Å². The normalized spacial score (nSPS) is 39.3. The van der Waals surface area contributed by atoms with Crippen LogP contribution in [0.3, 0.4) is 0 Å². The van der Waals surface area contributed by atoms with E-state index >= 15 is 0 Å². The molecular formula is C14H17Br. The summed E-state index contributed by atoms with van der Waals surface area (Å²) >= 11 is 3.93. The summed E-state index contributed by atoms with van der Waals surface area (Å²) in [5.41, 5.74) is 2.11. The van der Waals surface area contributed by atoms with Crippen LogP contribution >= 0.6 is 15.9 Å². The smallest absolute Gasteiger partial charge is 0.0259 e. The summed E-state index contributed by atoms with van der Waals surface area (Å²) in [6, 6.07) is 11.2. The minimum absolute atomic E-state index is 0.504. The molecule has 0 spiro atoms. The summed E-state index contributed by atoms with van der Waals surface area (Å²) in [5, 5.41) is 0. The molecule has 0 aliphatic heterocycles. The molecule has 4 rings (SSSR count). The van der Waals surface area contributed by atoms with Crippen molar-refractivity contribution in [1.82, 2.24) is 0 Å². The Bertz CT molecular complexity index is 330. The number of alkyl halides is 1. The molecule has 3 saturated carbocycles. The van der Waals surface area contributed by atoms with Crippen LogP contribution in [0.4, 0.5) is 0 Å². The van der Waals surface area contributed by atoms with Crippen LogP contribution in [0.5, 0.6) is 0 Å². The molecule has 1 aromatic rings. The van der Waals surface area contributed by atoms with E-state index in [1.807, 2.05) is 0 Å². The molecule has 0 unspecified atom stereocenters. The van der Waals surface area contributed by atoms with Crippen LogP contribution in [0, 0.1) is 0 Å². The average molecular weight is 265 g/mol. The van der Waals surface area contributed by atoms with Crippen molar-refractivity contribution in [3.05, 3.63) is 35.9 Å². The molecule has 0 nitrogen and oxygen atoms in total. The molecule has 0 atom stereocenters. The summed E-state index contributed by atoms with van der Waals surface area (Å²) in [7, 11) is 0. The first-order valence-corrected chi connectivity index (χ1v) is 6.76.